The van der Waals surface area contributed by atoms with E-state index in [1.165, 1.54) is 24.0 Å². The molecule has 3 nitrogen and oxygen atoms in total. The molecule has 1 unspecified atom stereocenters. The van der Waals surface area contributed by atoms with Crippen molar-refractivity contribution in [3.05, 3.63) is 22.8 Å². The van der Waals surface area contributed by atoms with E-state index in [0.717, 1.165) is 44.4 Å². The fraction of sp³-hybridized carbons (Fsp3) is 0.773. The van der Waals surface area contributed by atoms with Gasteiger partial charge in [-0.1, -0.05) is 31.1 Å². The summed E-state index contributed by atoms with van der Waals surface area (Å²) in [6.45, 7) is 6.60. The average Bonchev–Trinajstić information content (AvgIpc) is 2.92. The van der Waals surface area contributed by atoms with E-state index in [1.807, 2.05) is 6.92 Å². The lowest BCUT2D eigenvalue weighted by atomic mass is 9.47. The zero-order valence-corrected chi connectivity index (χ0v) is 15.8. The lowest BCUT2D eigenvalue weighted by Gasteiger charge is -2.58. The summed E-state index contributed by atoms with van der Waals surface area (Å²) >= 11 is 0. The number of aliphatic carboxylic acids is 1. The number of carboxylic acid groups (broad SMARTS) is 1. The van der Waals surface area contributed by atoms with Gasteiger partial charge in [0.2, 0.25) is 0 Å². The van der Waals surface area contributed by atoms with Crippen molar-refractivity contribution in [3.63, 3.8) is 0 Å². The first-order valence-corrected chi connectivity index (χ1v) is 10.1. The molecular formula is C22H32O3. The second kappa shape index (κ2) is 5.70. The number of allylic oxidation sites excluding steroid dienone is 2. The van der Waals surface area contributed by atoms with Crippen LogP contribution in [0.25, 0.3) is 0 Å². The van der Waals surface area contributed by atoms with Gasteiger partial charge in [0.05, 0.1) is 6.10 Å². The Morgan fingerprint density at radius 3 is 2.44 bits per heavy atom. The first-order valence-electron chi connectivity index (χ1n) is 10.1. The second-order valence-electron chi connectivity index (χ2n) is 9.53. The van der Waals surface area contributed by atoms with E-state index in [1.54, 1.807) is 0 Å². The number of aliphatic hydroxyl groups excluding tert-OH is 1. The molecule has 0 aliphatic heterocycles. The summed E-state index contributed by atoms with van der Waals surface area (Å²) in [6.07, 6.45) is 10.7. The molecule has 4 aliphatic rings. The van der Waals surface area contributed by atoms with Gasteiger partial charge in [-0.15, -0.1) is 0 Å². The summed E-state index contributed by atoms with van der Waals surface area (Å²) in [5.41, 5.74) is 3.69. The van der Waals surface area contributed by atoms with E-state index >= 15 is 0 Å². The highest BCUT2D eigenvalue weighted by Gasteiger charge is 2.57. The van der Waals surface area contributed by atoms with Gasteiger partial charge >= 0.3 is 5.97 Å². The van der Waals surface area contributed by atoms with Crippen molar-refractivity contribution in [2.24, 2.45) is 28.6 Å². The highest BCUT2D eigenvalue weighted by atomic mass is 16.4. The average molecular weight is 344 g/mol. The van der Waals surface area contributed by atoms with E-state index in [4.69, 9.17) is 0 Å². The Morgan fingerprint density at radius 1 is 1.04 bits per heavy atom. The van der Waals surface area contributed by atoms with Gasteiger partial charge in [0.1, 0.15) is 0 Å². The largest absolute Gasteiger partial charge is 0.478 e. The topological polar surface area (TPSA) is 57.5 Å². The van der Waals surface area contributed by atoms with Gasteiger partial charge in [0.15, 0.2) is 0 Å². The van der Waals surface area contributed by atoms with Gasteiger partial charge in [-0.2, -0.15) is 0 Å². The summed E-state index contributed by atoms with van der Waals surface area (Å²) < 4.78 is 0. The molecule has 138 valence electrons. The Morgan fingerprint density at radius 2 is 1.72 bits per heavy atom. The van der Waals surface area contributed by atoms with Crippen LogP contribution < -0.4 is 0 Å². The molecule has 6 atom stereocenters. The van der Waals surface area contributed by atoms with Crippen LogP contribution in [0.3, 0.4) is 0 Å². The number of fused-ring (bicyclic) bond motifs is 5. The minimum atomic E-state index is -0.735. The maximum Gasteiger partial charge on any atom is 0.331 e. The molecule has 4 aliphatic carbocycles. The minimum Gasteiger partial charge on any atom is -0.478 e. The van der Waals surface area contributed by atoms with Gasteiger partial charge in [-0.05, 0) is 86.9 Å². The third-order valence-electron chi connectivity index (χ3n) is 8.65. The number of hydrogen-bond acceptors (Lipinski definition) is 2. The number of carbonyl (C=O) groups is 1. The third-order valence-corrected chi connectivity index (χ3v) is 8.65. The molecule has 3 fully saturated rings. The van der Waals surface area contributed by atoms with Gasteiger partial charge in [-0.25, -0.2) is 4.79 Å². The van der Waals surface area contributed by atoms with E-state index in [9.17, 15) is 15.0 Å². The molecule has 2 N–H and O–H groups in total. The lowest BCUT2D eigenvalue weighted by molar-refractivity contribution is -0.132. The molecule has 0 amide bonds. The van der Waals surface area contributed by atoms with Crippen LogP contribution in [0.4, 0.5) is 0 Å². The first kappa shape index (κ1) is 17.3. The number of rotatable bonds is 1. The van der Waals surface area contributed by atoms with Crippen LogP contribution >= 0.6 is 0 Å². The Kier molecular flexibility index (Phi) is 3.95. The zero-order valence-electron chi connectivity index (χ0n) is 15.8. The first-order chi connectivity index (χ1) is 11.8. The number of aliphatic hydroxyl groups is 1. The molecule has 0 bridgehead atoms. The number of hydrogen-bond donors (Lipinski definition) is 2. The maximum absolute atomic E-state index is 11.6. The lowest BCUT2D eigenvalue weighted by Crippen LogP contribution is -2.49. The molecule has 0 saturated heterocycles. The standard InChI is InChI=1S/C22H32O3/c1-13(20(24)25)17-6-7-18-16-5-4-14-12-15(23)8-10-21(14,2)19(16)9-11-22(17,18)3/h12,15-16,18-19,23H,4-11H2,1-3H3,(H,24,25)/t15?,16-,18-,19-,21-,22+/m0/s1. The third kappa shape index (κ3) is 2.38. The van der Waals surface area contributed by atoms with Crippen LogP contribution in [0.15, 0.2) is 22.8 Å². The highest BCUT2D eigenvalue weighted by molar-refractivity contribution is 5.87. The van der Waals surface area contributed by atoms with Crippen LogP contribution in [0.1, 0.15) is 72.1 Å². The minimum absolute atomic E-state index is 0.0927. The molecule has 25 heavy (non-hydrogen) atoms. The van der Waals surface area contributed by atoms with Crippen molar-refractivity contribution in [1.82, 2.24) is 0 Å². The Balaban J connectivity index is 1.68. The van der Waals surface area contributed by atoms with Gasteiger partial charge in [0.25, 0.3) is 0 Å². The summed E-state index contributed by atoms with van der Waals surface area (Å²) in [5.74, 6) is 1.33. The summed E-state index contributed by atoms with van der Waals surface area (Å²) in [7, 11) is 0. The van der Waals surface area contributed by atoms with Gasteiger partial charge < -0.3 is 10.2 Å². The summed E-state index contributed by atoms with van der Waals surface area (Å²) in [6, 6.07) is 0. The van der Waals surface area contributed by atoms with Crippen molar-refractivity contribution in [2.45, 2.75) is 78.2 Å². The predicted molar refractivity (Wildman–Crippen MR) is 98.0 cm³/mol. The van der Waals surface area contributed by atoms with Crippen LogP contribution in [-0.4, -0.2) is 22.3 Å². The van der Waals surface area contributed by atoms with E-state index in [0.29, 0.717) is 17.4 Å². The zero-order chi connectivity index (χ0) is 18.0. The normalized spacial score (nSPS) is 48.1. The predicted octanol–water partition coefficient (Wildman–Crippen LogP) is 4.71. The fourth-order valence-electron chi connectivity index (χ4n) is 7.27. The molecular weight excluding hydrogens is 312 g/mol. The second-order valence-corrected chi connectivity index (χ2v) is 9.53. The fourth-order valence-corrected chi connectivity index (χ4v) is 7.27. The van der Waals surface area contributed by atoms with Gasteiger partial charge in [0, 0.05) is 5.57 Å². The SMILES string of the molecule is CC(C(=O)O)=C1CC[C@H]2[C@@H]3CCC4=CC(O)CC[C@]4(C)[C@H]3CC[C@]12C. The molecule has 0 aromatic carbocycles. The monoisotopic (exact) mass is 344 g/mol. The maximum atomic E-state index is 11.6. The van der Waals surface area contributed by atoms with E-state index < -0.39 is 5.97 Å². The van der Waals surface area contributed by atoms with Crippen molar-refractivity contribution >= 4 is 5.97 Å². The van der Waals surface area contributed by atoms with Crippen LogP contribution in [0, 0.1) is 28.6 Å². The molecule has 0 radical (unpaired) electrons. The Hall–Kier alpha value is -1.09. The summed E-state index contributed by atoms with van der Waals surface area (Å²) in [4.78, 5) is 11.6. The van der Waals surface area contributed by atoms with Crippen molar-refractivity contribution in [1.29, 1.82) is 0 Å². The quantitative estimate of drug-likeness (QED) is 0.535. The van der Waals surface area contributed by atoms with E-state index in [2.05, 4.69) is 19.9 Å². The van der Waals surface area contributed by atoms with Crippen molar-refractivity contribution in [2.75, 3.05) is 0 Å². The van der Waals surface area contributed by atoms with Crippen LogP contribution in [0.2, 0.25) is 0 Å². The highest BCUT2D eigenvalue weighted by Crippen LogP contribution is 2.66. The summed E-state index contributed by atoms with van der Waals surface area (Å²) in [5, 5.41) is 19.6. The van der Waals surface area contributed by atoms with E-state index in [-0.39, 0.29) is 16.9 Å². The van der Waals surface area contributed by atoms with Crippen molar-refractivity contribution < 1.29 is 15.0 Å². The Bertz CT molecular complexity index is 660. The molecule has 0 spiro atoms. The Labute approximate surface area is 151 Å². The van der Waals surface area contributed by atoms with Crippen molar-refractivity contribution in [3.8, 4) is 0 Å². The number of carboxylic acids is 1. The molecule has 0 aromatic heterocycles. The van der Waals surface area contributed by atoms with Crippen LogP contribution in [0.5, 0.6) is 0 Å². The molecule has 3 heteroatoms. The smallest absolute Gasteiger partial charge is 0.331 e. The molecule has 0 aromatic rings. The van der Waals surface area contributed by atoms with Crippen LogP contribution in [-0.2, 0) is 4.79 Å². The molecule has 0 heterocycles. The van der Waals surface area contributed by atoms with Gasteiger partial charge in [-0.3, -0.25) is 0 Å². The molecule has 4 rings (SSSR count). The molecule has 3 saturated carbocycles.